The molecule has 0 aliphatic heterocycles. The summed E-state index contributed by atoms with van der Waals surface area (Å²) in [6.07, 6.45) is 0.196. The highest BCUT2D eigenvalue weighted by atomic mass is 35.5. The average Bonchev–Trinajstić information content (AvgIpc) is 2.81. The van der Waals surface area contributed by atoms with Crippen molar-refractivity contribution in [2.45, 2.75) is 38.1 Å². The molecule has 0 saturated carbocycles. The lowest BCUT2D eigenvalue weighted by Gasteiger charge is -2.14. The lowest BCUT2D eigenvalue weighted by molar-refractivity contribution is -0.115. The first kappa shape index (κ1) is 25.1. The minimum Gasteiger partial charge on any atom is -0.383 e. The molecule has 0 spiro atoms. The Bertz CT molecular complexity index is 1310. The summed E-state index contributed by atoms with van der Waals surface area (Å²) in [5, 5.41) is 23.4. The van der Waals surface area contributed by atoms with Crippen LogP contribution in [0.4, 0.5) is 11.5 Å². The largest absolute Gasteiger partial charge is 0.383 e. The van der Waals surface area contributed by atoms with E-state index in [0.29, 0.717) is 33.0 Å². The molecule has 0 bridgehead atoms. The number of rotatable bonds is 7. The standard InChI is InChI=1S/C26H24ClN5OS/c1-15(2)17-5-7-18(8-6-17)24-20(13-28)25(30)32-26(21(24)14-29)34-11-10-23(33)31-22-12-19(27)9-4-16(22)3/h4-9,12,15H,10-11H2,1-3H3,(H2,30,32)(H,31,33). The first-order valence-corrected chi connectivity index (χ1v) is 12.0. The monoisotopic (exact) mass is 489 g/mol. The number of thioether (sulfide) groups is 1. The Kier molecular flexibility index (Phi) is 8.17. The Morgan fingerprint density at radius 1 is 1.15 bits per heavy atom. The molecular formula is C26H24ClN5OS. The molecule has 2 aromatic carbocycles. The van der Waals surface area contributed by atoms with Crippen LogP contribution in [0.1, 0.15) is 48.4 Å². The first-order valence-electron chi connectivity index (χ1n) is 10.7. The van der Waals surface area contributed by atoms with Gasteiger partial charge in [0.25, 0.3) is 0 Å². The van der Waals surface area contributed by atoms with Gasteiger partial charge < -0.3 is 11.1 Å². The van der Waals surface area contributed by atoms with Crippen molar-refractivity contribution >= 4 is 40.8 Å². The van der Waals surface area contributed by atoms with Gasteiger partial charge in [0, 0.05) is 28.4 Å². The quantitative estimate of drug-likeness (QED) is 0.377. The summed E-state index contributed by atoms with van der Waals surface area (Å²) in [6, 6.07) is 17.3. The number of aromatic nitrogens is 1. The number of nitrogens with two attached hydrogens (primary N) is 1. The third-order valence-electron chi connectivity index (χ3n) is 5.32. The minimum absolute atomic E-state index is 0.0611. The molecule has 0 saturated heterocycles. The highest BCUT2D eigenvalue weighted by Crippen LogP contribution is 2.36. The topological polar surface area (TPSA) is 116 Å². The lowest BCUT2D eigenvalue weighted by Crippen LogP contribution is -2.13. The number of carbonyl (C=O) groups is 1. The van der Waals surface area contributed by atoms with E-state index in [1.165, 1.54) is 11.8 Å². The minimum atomic E-state index is -0.178. The molecule has 0 aliphatic rings. The van der Waals surface area contributed by atoms with Crippen LogP contribution in [0.15, 0.2) is 47.5 Å². The van der Waals surface area contributed by atoms with Crippen LogP contribution in [0, 0.1) is 29.6 Å². The van der Waals surface area contributed by atoms with Crippen molar-refractivity contribution < 1.29 is 4.79 Å². The molecule has 0 fully saturated rings. The fourth-order valence-corrected chi connectivity index (χ4v) is 4.52. The van der Waals surface area contributed by atoms with Crippen LogP contribution in [-0.2, 0) is 4.79 Å². The Hall–Kier alpha value is -3.52. The van der Waals surface area contributed by atoms with Crippen molar-refractivity contribution in [3.8, 4) is 23.3 Å². The van der Waals surface area contributed by atoms with Crippen LogP contribution < -0.4 is 11.1 Å². The van der Waals surface area contributed by atoms with E-state index in [-0.39, 0.29) is 29.3 Å². The van der Waals surface area contributed by atoms with E-state index in [1.807, 2.05) is 37.3 Å². The zero-order valence-corrected chi connectivity index (χ0v) is 20.7. The Labute approximate surface area is 208 Å². The van der Waals surface area contributed by atoms with Crippen molar-refractivity contribution in [1.29, 1.82) is 10.5 Å². The molecule has 172 valence electrons. The van der Waals surface area contributed by atoms with E-state index in [4.69, 9.17) is 17.3 Å². The molecule has 3 rings (SSSR count). The van der Waals surface area contributed by atoms with E-state index < -0.39 is 0 Å². The maximum absolute atomic E-state index is 12.4. The van der Waals surface area contributed by atoms with Gasteiger partial charge in [-0.3, -0.25) is 4.79 Å². The number of aryl methyl sites for hydroxylation is 1. The smallest absolute Gasteiger partial charge is 0.225 e. The molecule has 34 heavy (non-hydrogen) atoms. The molecular weight excluding hydrogens is 466 g/mol. The molecule has 3 N–H and O–H groups in total. The number of benzene rings is 2. The highest BCUT2D eigenvalue weighted by molar-refractivity contribution is 7.99. The van der Waals surface area contributed by atoms with E-state index in [9.17, 15) is 15.3 Å². The van der Waals surface area contributed by atoms with E-state index in [0.717, 1.165) is 16.7 Å². The van der Waals surface area contributed by atoms with Crippen LogP contribution in [0.3, 0.4) is 0 Å². The van der Waals surface area contributed by atoms with Crippen molar-refractivity contribution in [2.24, 2.45) is 0 Å². The van der Waals surface area contributed by atoms with Gasteiger partial charge >= 0.3 is 0 Å². The van der Waals surface area contributed by atoms with Gasteiger partial charge in [0.2, 0.25) is 5.91 Å². The average molecular weight is 490 g/mol. The molecule has 6 nitrogen and oxygen atoms in total. The lowest BCUT2D eigenvalue weighted by atomic mass is 9.94. The summed E-state index contributed by atoms with van der Waals surface area (Å²) < 4.78 is 0. The number of anilines is 2. The van der Waals surface area contributed by atoms with Gasteiger partial charge in [0.15, 0.2) is 0 Å². The predicted octanol–water partition coefficient (Wildman–Crippen LogP) is 6.28. The molecule has 0 unspecified atom stereocenters. The molecule has 1 aromatic heterocycles. The number of carbonyl (C=O) groups excluding carboxylic acids is 1. The van der Waals surface area contributed by atoms with Gasteiger partial charge in [-0.25, -0.2) is 4.98 Å². The van der Waals surface area contributed by atoms with Crippen LogP contribution in [-0.4, -0.2) is 16.6 Å². The summed E-state index contributed by atoms with van der Waals surface area (Å²) in [7, 11) is 0. The van der Waals surface area contributed by atoms with Crippen LogP contribution in [0.25, 0.3) is 11.1 Å². The number of pyridine rings is 1. The second kappa shape index (κ2) is 11.1. The molecule has 0 radical (unpaired) electrons. The fourth-order valence-electron chi connectivity index (χ4n) is 3.41. The highest BCUT2D eigenvalue weighted by Gasteiger charge is 2.21. The third kappa shape index (κ3) is 5.69. The van der Waals surface area contributed by atoms with Gasteiger partial charge in [-0.15, -0.1) is 11.8 Å². The van der Waals surface area contributed by atoms with Crippen LogP contribution in [0.2, 0.25) is 5.02 Å². The number of nitriles is 2. The summed E-state index contributed by atoms with van der Waals surface area (Å²) in [6.45, 7) is 6.08. The van der Waals surface area contributed by atoms with Gasteiger partial charge in [-0.05, 0) is 41.7 Å². The van der Waals surface area contributed by atoms with Crippen LogP contribution >= 0.6 is 23.4 Å². The Morgan fingerprint density at radius 2 is 1.82 bits per heavy atom. The van der Waals surface area contributed by atoms with Crippen LogP contribution in [0.5, 0.6) is 0 Å². The molecule has 0 aliphatic carbocycles. The molecule has 1 amide bonds. The summed E-state index contributed by atoms with van der Waals surface area (Å²) in [5.41, 5.74) is 10.5. The maximum atomic E-state index is 12.4. The van der Waals surface area contributed by atoms with Crippen molar-refractivity contribution in [3.05, 3.63) is 69.7 Å². The van der Waals surface area contributed by atoms with E-state index in [1.54, 1.807) is 12.1 Å². The third-order valence-corrected chi connectivity index (χ3v) is 6.54. The zero-order valence-electron chi connectivity index (χ0n) is 19.1. The zero-order chi connectivity index (χ0) is 24.8. The van der Waals surface area contributed by atoms with Crippen molar-refractivity contribution in [2.75, 3.05) is 16.8 Å². The van der Waals surface area contributed by atoms with E-state index in [2.05, 4.69) is 36.3 Å². The maximum Gasteiger partial charge on any atom is 0.225 e. The molecule has 8 heteroatoms. The van der Waals surface area contributed by atoms with Crippen molar-refractivity contribution in [1.82, 2.24) is 4.98 Å². The number of halogens is 1. The van der Waals surface area contributed by atoms with Gasteiger partial charge in [-0.1, -0.05) is 55.8 Å². The second-order valence-corrected chi connectivity index (χ2v) is 9.55. The SMILES string of the molecule is Cc1ccc(Cl)cc1NC(=O)CCSc1nc(N)c(C#N)c(-c2ccc(C(C)C)cc2)c1C#N. The van der Waals surface area contributed by atoms with E-state index >= 15 is 0 Å². The Morgan fingerprint density at radius 3 is 2.44 bits per heavy atom. The number of amides is 1. The number of hydrogen-bond donors (Lipinski definition) is 2. The molecule has 3 aromatic rings. The normalized spacial score (nSPS) is 10.6. The fraction of sp³-hybridized carbons (Fsp3) is 0.231. The summed E-state index contributed by atoms with van der Waals surface area (Å²) in [5.74, 6) is 0.619. The van der Waals surface area contributed by atoms with Crippen molar-refractivity contribution in [3.63, 3.8) is 0 Å². The Balaban J connectivity index is 1.83. The number of nitrogens with zero attached hydrogens (tertiary/aromatic N) is 3. The number of nitrogens with one attached hydrogen (secondary N) is 1. The predicted molar refractivity (Wildman–Crippen MR) is 138 cm³/mol. The number of nitrogen functional groups attached to an aromatic ring is 1. The second-order valence-electron chi connectivity index (χ2n) is 8.03. The van der Waals surface area contributed by atoms with Gasteiger partial charge in [-0.2, -0.15) is 10.5 Å². The molecule has 0 atom stereocenters. The van der Waals surface area contributed by atoms with Gasteiger partial charge in [0.05, 0.1) is 5.56 Å². The van der Waals surface area contributed by atoms with Gasteiger partial charge in [0.1, 0.15) is 28.5 Å². The summed E-state index contributed by atoms with van der Waals surface area (Å²) in [4.78, 5) is 16.7. The summed E-state index contributed by atoms with van der Waals surface area (Å²) >= 11 is 7.28. The first-order chi connectivity index (χ1) is 16.2. The molecule has 1 heterocycles. The number of hydrogen-bond acceptors (Lipinski definition) is 6.